The van der Waals surface area contributed by atoms with Gasteiger partial charge < -0.3 is 20.0 Å². The fourth-order valence-electron chi connectivity index (χ4n) is 4.27. The summed E-state index contributed by atoms with van der Waals surface area (Å²) in [6, 6.07) is 14.9. The minimum atomic E-state index is 0. The van der Waals surface area contributed by atoms with Gasteiger partial charge in [-0.2, -0.15) is 0 Å². The van der Waals surface area contributed by atoms with Crippen molar-refractivity contribution in [3.05, 3.63) is 54.2 Å². The summed E-state index contributed by atoms with van der Waals surface area (Å²) in [6.45, 7) is 7.12. The van der Waals surface area contributed by atoms with E-state index >= 15 is 0 Å². The number of halogens is 1. The fraction of sp³-hybridized carbons (Fsp3) is 0.500. The predicted molar refractivity (Wildman–Crippen MR) is 146 cm³/mol. The SMILES string of the molecule is CN=C(NCc1cccnc1N1CCN(C)CC1)N1CCC(CSc2ccccc2)C1.I. The van der Waals surface area contributed by atoms with Crippen molar-refractivity contribution in [2.24, 2.45) is 10.9 Å². The third-order valence-electron chi connectivity index (χ3n) is 6.13. The highest BCUT2D eigenvalue weighted by Gasteiger charge is 2.25. The molecule has 2 aliphatic rings. The van der Waals surface area contributed by atoms with E-state index in [2.05, 4.69) is 68.5 Å². The zero-order valence-electron chi connectivity index (χ0n) is 19.1. The maximum atomic E-state index is 4.71. The molecule has 1 N–H and O–H groups in total. The van der Waals surface area contributed by atoms with Gasteiger partial charge in [-0.1, -0.05) is 24.3 Å². The molecule has 3 heterocycles. The van der Waals surface area contributed by atoms with Crippen molar-refractivity contribution in [1.82, 2.24) is 20.1 Å². The molecule has 0 radical (unpaired) electrons. The van der Waals surface area contributed by atoms with Crippen molar-refractivity contribution in [3.63, 3.8) is 0 Å². The molecule has 2 saturated heterocycles. The van der Waals surface area contributed by atoms with Gasteiger partial charge in [0, 0.05) is 75.3 Å². The highest BCUT2D eigenvalue weighted by Crippen LogP contribution is 2.26. The average Bonchev–Trinajstić information content (AvgIpc) is 3.29. The molecule has 8 heteroatoms. The summed E-state index contributed by atoms with van der Waals surface area (Å²) < 4.78 is 0. The van der Waals surface area contributed by atoms with Crippen LogP contribution < -0.4 is 10.2 Å². The molecular weight excluding hydrogens is 531 g/mol. The molecule has 2 aliphatic heterocycles. The smallest absolute Gasteiger partial charge is 0.193 e. The van der Waals surface area contributed by atoms with Gasteiger partial charge in [0.25, 0.3) is 0 Å². The number of pyridine rings is 1. The van der Waals surface area contributed by atoms with Gasteiger partial charge in [0.2, 0.25) is 0 Å². The lowest BCUT2D eigenvalue weighted by Gasteiger charge is -2.34. The number of thioether (sulfide) groups is 1. The van der Waals surface area contributed by atoms with Crippen LogP contribution in [-0.4, -0.2) is 79.9 Å². The van der Waals surface area contributed by atoms with Gasteiger partial charge in [0.05, 0.1) is 0 Å². The summed E-state index contributed by atoms with van der Waals surface area (Å²) in [7, 11) is 4.07. The Kier molecular flexibility index (Phi) is 9.92. The molecule has 0 amide bonds. The van der Waals surface area contributed by atoms with E-state index in [1.54, 1.807) is 0 Å². The number of hydrogen-bond acceptors (Lipinski definition) is 5. The number of hydrogen-bond donors (Lipinski definition) is 1. The summed E-state index contributed by atoms with van der Waals surface area (Å²) in [4.78, 5) is 17.8. The van der Waals surface area contributed by atoms with E-state index in [0.717, 1.165) is 63.3 Å². The van der Waals surface area contributed by atoms with E-state index in [1.165, 1.54) is 16.9 Å². The quantitative estimate of drug-likeness (QED) is 0.250. The second-order valence-electron chi connectivity index (χ2n) is 8.40. The summed E-state index contributed by atoms with van der Waals surface area (Å²) >= 11 is 1.96. The van der Waals surface area contributed by atoms with E-state index in [-0.39, 0.29) is 24.0 Å². The summed E-state index contributed by atoms with van der Waals surface area (Å²) in [5.41, 5.74) is 1.24. The molecule has 2 aromatic rings. The zero-order chi connectivity index (χ0) is 21.5. The number of guanidine groups is 1. The predicted octanol–water partition coefficient (Wildman–Crippen LogP) is 3.64. The van der Waals surface area contributed by atoms with Crippen LogP contribution in [0.15, 0.2) is 58.5 Å². The Bertz CT molecular complexity index is 857. The van der Waals surface area contributed by atoms with E-state index in [0.29, 0.717) is 5.92 Å². The number of aliphatic imine (C=N–C) groups is 1. The molecule has 0 bridgehead atoms. The van der Waals surface area contributed by atoms with Crippen LogP contribution in [0.4, 0.5) is 5.82 Å². The number of likely N-dealkylation sites (N-methyl/N-ethyl adjacent to an activating group) is 1. The number of rotatable bonds is 6. The van der Waals surface area contributed by atoms with E-state index in [4.69, 9.17) is 4.98 Å². The number of nitrogens with zero attached hydrogens (tertiary/aromatic N) is 5. The molecule has 0 aliphatic carbocycles. The van der Waals surface area contributed by atoms with Gasteiger partial charge in [-0.25, -0.2) is 4.98 Å². The highest BCUT2D eigenvalue weighted by atomic mass is 127. The van der Waals surface area contributed by atoms with Crippen LogP contribution in [0.25, 0.3) is 0 Å². The molecule has 32 heavy (non-hydrogen) atoms. The Morgan fingerprint density at radius 1 is 1.09 bits per heavy atom. The van der Waals surface area contributed by atoms with Crippen LogP contribution in [-0.2, 0) is 6.54 Å². The first kappa shape index (κ1) is 25.1. The molecule has 6 nitrogen and oxygen atoms in total. The number of aromatic nitrogens is 1. The van der Waals surface area contributed by atoms with Crippen molar-refractivity contribution in [2.75, 3.05) is 64.0 Å². The Morgan fingerprint density at radius 2 is 1.88 bits per heavy atom. The molecule has 4 rings (SSSR count). The number of benzene rings is 1. The van der Waals surface area contributed by atoms with Crippen molar-refractivity contribution >= 4 is 47.5 Å². The lowest BCUT2D eigenvalue weighted by atomic mass is 10.2. The Balaban J connectivity index is 0.00000289. The standard InChI is InChI=1S/C24H34N6S.HI/c1-25-24(30-12-10-20(18-30)19-31-22-8-4-3-5-9-22)27-17-21-7-6-11-26-23(21)29-15-13-28(2)14-16-29;/h3-9,11,20H,10,12-19H2,1-2H3,(H,25,27);1H. The Hall–Kier alpha value is -1.52. The lowest BCUT2D eigenvalue weighted by molar-refractivity contribution is 0.311. The molecule has 1 atom stereocenters. The summed E-state index contributed by atoms with van der Waals surface area (Å²) in [6.07, 6.45) is 3.13. The molecule has 0 saturated carbocycles. The van der Waals surface area contributed by atoms with Crippen LogP contribution in [0.5, 0.6) is 0 Å². The molecular formula is C24H35IN6S. The van der Waals surface area contributed by atoms with Gasteiger partial charge in [-0.3, -0.25) is 4.99 Å². The topological polar surface area (TPSA) is 47.0 Å². The van der Waals surface area contributed by atoms with Crippen molar-refractivity contribution in [3.8, 4) is 0 Å². The van der Waals surface area contributed by atoms with Crippen LogP contribution in [0.3, 0.4) is 0 Å². The van der Waals surface area contributed by atoms with Gasteiger partial charge in [0.15, 0.2) is 5.96 Å². The monoisotopic (exact) mass is 566 g/mol. The fourth-order valence-corrected chi connectivity index (χ4v) is 5.32. The second-order valence-corrected chi connectivity index (χ2v) is 9.50. The zero-order valence-corrected chi connectivity index (χ0v) is 22.3. The van der Waals surface area contributed by atoms with Crippen LogP contribution in [0, 0.1) is 5.92 Å². The minimum absolute atomic E-state index is 0. The number of likely N-dealkylation sites (tertiary alicyclic amines) is 1. The minimum Gasteiger partial charge on any atom is -0.354 e. The van der Waals surface area contributed by atoms with Crippen LogP contribution in [0.2, 0.25) is 0 Å². The Labute approximate surface area is 213 Å². The van der Waals surface area contributed by atoms with Gasteiger partial charge in [-0.15, -0.1) is 35.7 Å². The van der Waals surface area contributed by atoms with Gasteiger partial charge in [-0.05, 0) is 37.6 Å². The first-order valence-corrected chi connectivity index (χ1v) is 12.2. The number of anilines is 1. The second kappa shape index (κ2) is 12.6. The van der Waals surface area contributed by atoms with Gasteiger partial charge >= 0.3 is 0 Å². The van der Waals surface area contributed by atoms with Crippen molar-refractivity contribution in [2.45, 2.75) is 17.9 Å². The molecule has 1 aromatic heterocycles. The number of piperazine rings is 1. The maximum Gasteiger partial charge on any atom is 0.193 e. The first-order valence-electron chi connectivity index (χ1n) is 11.2. The molecule has 1 aromatic carbocycles. The molecule has 1 unspecified atom stereocenters. The van der Waals surface area contributed by atoms with Gasteiger partial charge in [0.1, 0.15) is 5.82 Å². The third-order valence-corrected chi connectivity index (χ3v) is 7.38. The van der Waals surface area contributed by atoms with E-state index in [1.807, 2.05) is 31.1 Å². The van der Waals surface area contributed by atoms with E-state index in [9.17, 15) is 0 Å². The van der Waals surface area contributed by atoms with Crippen LogP contribution >= 0.6 is 35.7 Å². The molecule has 0 spiro atoms. The Morgan fingerprint density at radius 3 is 2.62 bits per heavy atom. The van der Waals surface area contributed by atoms with Crippen molar-refractivity contribution < 1.29 is 0 Å². The first-order chi connectivity index (χ1) is 15.2. The van der Waals surface area contributed by atoms with Crippen molar-refractivity contribution in [1.29, 1.82) is 0 Å². The third kappa shape index (κ3) is 6.74. The summed E-state index contributed by atoms with van der Waals surface area (Å²) in [5, 5.41) is 3.60. The average molecular weight is 567 g/mol. The largest absolute Gasteiger partial charge is 0.354 e. The van der Waals surface area contributed by atoms with Crippen LogP contribution in [0.1, 0.15) is 12.0 Å². The normalized spacial score (nSPS) is 19.7. The molecule has 174 valence electrons. The molecule has 2 fully saturated rings. The number of nitrogens with one attached hydrogen (secondary N) is 1. The lowest BCUT2D eigenvalue weighted by Crippen LogP contribution is -2.45. The van der Waals surface area contributed by atoms with E-state index < -0.39 is 0 Å². The summed E-state index contributed by atoms with van der Waals surface area (Å²) in [5.74, 6) is 3.97. The highest BCUT2D eigenvalue weighted by molar-refractivity contribution is 14.0. The maximum absolute atomic E-state index is 4.71.